The molecule has 2 aromatic carbocycles. The van der Waals surface area contributed by atoms with Gasteiger partial charge in [-0.05, 0) is 23.6 Å². The Kier molecular flexibility index (Phi) is 8.63. The van der Waals surface area contributed by atoms with Gasteiger partial charge in [-0.25, -0.2) is 14.8 Å². The molecule has 0 radical (unpaired) electrons. The predicted molar refractivity (Wildman–Crippen MR) is 159 cm³/mol. The van der Waals surface area contributed by atoms with Crippen LogP contribution in [0.25, 0.3) is 21.6 Å². The van der Waals surface area contributed by atoms with Crippen molar-refractivity contribution in [1.82, 2.24) is 25.1 Å². The lowest BCUT2D eigenvalue weighted by Gasteiger charge is -2.12. The minimum Gasteiger partial charge on any atom is -0.505 e. The molecular formula is C31H26N8O4. The molecule has 2 heterocycles. The van der Waals surface area contributed by atoms with E-state index in [0.29, 0.717) is 41.9 Å². The Labute approximate surface area is 246 Å². The quantitative estimate of drug-likeness (QED) is 0.0867. The Hall–Kier alpha value is -6.09. The van der Waals surface area contributed by atoms with Crippen LogP contribution in [0.5, 0.6) is 5.75 Å². The van der Waals surface area contributed by atoms with Crippen LogP contribution in [0.3, 0.4) is 0 Å². The fourth-order valence-electron chi connectivity index (χ4n) is 4.24. The number of allylic oxidation sites excluding steroid dienone is 1. The summed E-state index contributed by atoms with van der Waals surface area (Å²) in [5.41, 5.74) is 0.731. The maximum absolute atomic E-state index is 13.4. The molecule has 0 aliphatic heterocycles. The summed E-state index contributed by atoms with van der Waals surface area (Å²) in [6, 6.07) is 10.4. The number of phenols is 1. The summed E-state index contributed by atoms with van der Waals surface area (Å²) >= 11 is 0. The minimum atomic E-state index is -0.535. The standard InChI is InChI=1S/C31H26N8O4/c1-4-42-15-12-20(2)43-19-21-10-11-23(16-21)36-30(41)25-17-22-8-5-6-9-24(22)27(28(25)40)37-38-29-26(32-3)18-35-39(29)31-33-13-7-14-34-31/h4-11,13-14,16-18,21,40H,1-2,12,15,19H2,(H,36,41)/b38-37+. The van der Waals surface area contributed by atoms with E-state index in [0.717, 1.165) is 0 Å². The molecule has 1 aliphatic rings. The first-order valence-corrected chi connectivity index (χ1v) is 13.1. The fourth-order valence-corrected chi connectivity index (χ4v) is 4.24. The van der Waals surface area contributed by atoms with Crippen LogP contribution >= 0.6 is 0 Å². The number of hydrogen-bond acceptors (Lipinski definition) is 9. The van der Waals surface area contributed by atoms with Crippen molar-refractivity contribution in [1.29, 1.82) is 0 Å². The van der Waals surface area contributed by atoms with Crippen LogP contribution < -0.4 is 5.32 Å². The highest BCUT2D eigenvalue weighted by Gasteiger charge is 2.21. The van der Waals surface area contributed by atoms with Gasteiger partial charge in [0, 0.05) is 35.8 Å². The molecule has 1 amide bonds. The Morgan fingerprint density at radius 1 is 1.23 bits per heavy atom. The number of nitrogens with zero attached hydrogens (tertiary/aromatic N) is 7. The molecule has 0 spiro atoms. The number of aromatic nitrogens is 4. The van der Waals surface area contributed by atoms with Crippen LogP contribution in [0, 0.1) is 12.5 Å². The van der Waals surface area contributed by atoms with Gasteiger partial charge in [0.2, 0.25) is 0 Å². The molecule has 12 nitrogen and oxygen atoms in total. The van der Waals surface area contributed by atoms with Crippen LogP contribution in [-0.2, 0) is 9.47 Å². The van der Waals surface area contributed by atoms with Crippen molar-refractivity contribution in [3.8, 4) is 11.7 Å². The summed E-state index contributed by atoms with van der Waals surface area (Å²) in [7, 11) is 0. The van der Waals surface area contributed by atoms with Crippen molar-refractivity contribution in [3.63, 3.8) is 0 Å². The zero-order chi connectivity index (χ0) is 30.2. The van der Waals surface area contributed by atoms with Crippen LogP contribution in [0.1, 0.15) is 16.8 Å². The second kappa shape index (κ2) is 13.0. The number of aromatic hydroxyl groups is 1. The smallest absolute Gasteiger partial charge is 0.259 e. The van der Waals surface area contributed by atoms with Crippen LogP contribution in [0.15, 0.2) is 114 Å². The third-order valence-corrected chi connectivity index (χ3v) is 6.34. The normalized spacial score (nSPS) is 13.9. The number of azo groups is 1. The zero-order valence-corrected chi connectivity index (χ0v) is 22.9. The van der Waals surface area contributed by atoms with E-state index in [4.69, 9.17) is 16.0 Å². The van der Waals surface area contributed by atoms with Gasteiger partial charge in [-0.3, -0.25) is 4.79 Å². The number of benzene rings is 2. The second-order valence-corrected chi connectivity index (χ2v) is 9.20. The van der Waals surface area contributed by atoms with E-state index >= 15 is 0 Å². The maximum Gasteiger partial charge on any atom is 0.259 e. The van der Waals surface area contributed by atoms with Crippen LogP contribution in [0.2, 0.25) is 0 Å². The van der Waals surface area contributed by atoms with Crippen molar-refractivity contribution in [3.05, 3.63) is 121 Å². The first-order chi connectivity index (χ1) is 21.0. The van der Waals surface area contributed by atoms with Gasteiger partial charge in [-0.15, -0.1) is 10.2 Å². The molecule has 2 aromatic heterocycles. The van der Waals surface area contributed by atoms with E-state index in [1.165, 1.54) is 29.5 Å². The first kappa shape index (κ1) is 28.4. The zero-order valence-electron chi connectivity index (χ0n) is 22.9. The van der Waals surface area contributed by atoms with Gasteiger partial charge in [-0.1, -0.05) is 49.6 Å². The summed E-state index contributed by atoms with van der Waals surface area (Å²) in [6.45, 7) is 15.7. The maximum atomic E-state index is 13.4. The monoisotopic (exact) mass is 574 g/mol. The molecule has 0 fully saturated rings. The molecule has 0 saturated carbocycles. The SMILES string of the molecule is [C-]#[N+]c1cnn(-c2ncccn2)c1/N=N/c1c(O)c(C(=O)NC2=CC(COC(=C)CCOC=C)C=C2)cc2ccccc12. The van der Waals surface area contributed by atoms with E-state index in [9.17, 15) is 9.90 Å². The highest BCUT2D eigenvalue weighted by Crippen LogP contribution is 2.40. The summed E-state index contributed by atoms with van der Waals surface area (Å²) < 4.78 is 12.1. The van der Waals surface area contributed by atoms with Crippen LogP contribution in [0.4, 0.5) is 17.2 Å². The number of carbonyl (C=O) groups excluding carboxylic acids is 1. The average Bonchev–Trinajstić information content (AvgIpc) is 3.66. The summed E-state index contributed by atoms with van der Waals surface area (Å²) in [4.78, 5) is 25.1. The van der Waals surface area contributed by atoms with Crippen molar-refractivity contribution >= 4 is 33.9 Å². The van der Waals surface area contributed by atoms with E-state index in [2.05, 4.69) is 48.6 Å². The van der Waals surface area contributed by atoms with Crippen LogP contribution in [-0.4, -0.2) is 44.0 Å². The van der Waals surface area contributed by atoms with Crippen molar-refractivity contribution in [2.75, 3.05) is 13.2 Å². The van der Waals surface area contributed by atoms with Crippen molar-refractivity contribution < 1.29 is 19.4 Å². The summed E-state index contributed by atoms with van der Waals surface area (Å²) in [5, 5.41) is 28.0. The lowest BCUT2D eigenvalue weighted by molar-refractivity contribution is 0.0964. The molecule has 43 heavy (non-hydrogen) atoms. The van der Waals surface area contributed by atoms with Gasteiger partial charge >= 0.3 is 0 Å². The number of fused-ring (bicyclic) bond motifs is 1. The Morgan fingerprint density at radius 2 is 2.05 bits per heavy atom. The third kappa shape index (κ3) is 6.47. The van der Waals surface area contributed by atoms with Gasteiger partial charge in [0.25, 0.3) is 17.5 Å². The van der Waals surface area contributed by atoms with Gasteiger partial charge < -0.3 is 19.9 Å². The second-order valence-electron chi connectivity index (χ2n) is 9.20. The molecule has 0 saturated heterocycles. The molecule has 1 aliphatic carbocycles. The van der Waals surface area contributed by atoms with Gasteiger partial charge in [0.15, 0.2) is 11.6 Å². The van der Waals surface area contributed by atoms with E-state index < -0.39 is 5.91 Å². The van der Waals surface area contributed by atoms with Gasteiger partial charge in [0.05, 0.1) is 43.6 Å². The lowest BCUT2D eigenvalue weighted by atomic mass is 10.0. The highest BCUT2D eigenvalue weighted by molar-refractivity contribution is 6.07. The number of hydrogen-bond donors (Lipinski definition) is 2. The summed E-state index contributed by atoms with van der Waals surface area (Å²) in [5.74, 6) is -0.116. The topological polar surface area (TPSA) is 140 Å². The number of rotatable bonds is 12. The molecule has 2 N–H and O–H groups in total. The average molecular weight is 575 g/mol. The molecule has 214 valence electrons. The lowest BCUT2D eigenvalue weighted by Crippen LogP contribution is -2.21. The number of ether oxygens (including phenoxy) is 2. The minimum absolute atomic E-state index is 0.00236. The van der Waals surface area contributed by atoms with Gasteiger partial charge in [-0.2, -0.15) is 9.78 Å². The number of amides is 1. The van der Waals surface area contributed by atoms with Crippen molar-refractivity contribution in [2.45, 2.75) is 6.42 Å². The van der Waals surface area contributed by atoms with E-state index in [-0.39, 0.29) is 40.4 Å². The molecule has 5 rings (SSSR count). The first-order valence-electron chi connectivity index (χ1n) is 13.1. The molecule has 1 unspecified atom stereocenters. The molecule has 12 heteroatoms. The Morgan fingerprint density at radius 3 is 2.84 bits per heavy atom. The molecular weight excluding hydrogens is 548 g/mol. The number of phenolic OH excluding ortho intramolecular Hbond substituents is 1. The van der Waals surface area contributed by atoms with E-state index in [1.54, 1.807) is 36.4 Å². The number of nitrogens with one attached hydrogen (secondary N) is 1. The third-order valence-electron chi connectivity index (χ3n) is 6.34. The predicted octanol–water partition coefficient (Wildman–Crippen LogP) is 6.37. The summed E-state index contributed by atoms with van der Waals surface area (Å²) in [6.07, 6.45) is 11.8. The van der Waals surface area contributed by atoms with Crippen molar-refractivity contribution in [2.24, 2.45) is 16.1 Å². The largest absolute Gasteiger partial charge is 0.505 e. The molecule has 1 atom stereocenters. The molecule has 0 bridgehead atoms. The fraction of sp³-hybridized carbons (Fsp3) is 0.129. The molecule has 4 aromatic rings. The van der Waals surface area contributed by atoms with E-state index in [1.807, 2.05) is 18.2 Å². The number of carbonyl (C=O) groups is 1. The highest BCUT2D eigenvalue weighted by atomic mass is 16.5. The Balaban J connectivity index is 1.39. The van der Waals surface area contributed by atoms with Gasteiger partial charge in [0.1, 0.15) is 5.69 Å². The Bertz CT molecular complexity index is 1820.